The molecule has 0 atom stereocenters. The molecule has 0 fully saturated rings. The zero-order chi connectivity index (χ0) is 13.4. The molecule has 6 heteroatoms. The van der Waals surface area contributed by atoms with Crippen molar-refractivity contribution in [1.29, 1.82) is 0 Å². The second kappa shape index (κ2) is 4.31. The first-order valence-electron chi connectivity index (χ1n) is 5.82. The van der Waals surface area contributed by atoms with Crippen LogP contribution in [0, 0.1) is 0 Å². The summed E-state index contributed by atoms with van der Waals surface area (Å²) in [6.07, 6.45) is 0. The smallest absolute Gasteiger partial charge is 0.278 e. The van der Waals surface area contributed by atoms with Crippen LogP contribution in [0.1, 0.15) is 5.69 Å². The molecule has 0 saturated carbocycles. The molecular formula is C13H13N3O3. The van der Waals surface area contributed by atoms with E-state index in [1.807, 2.05) is 35.9 Å². The van der Waals surface area contributed by atoms with E-state index in [0.717, 1.165) is 22.3 Å². The van der Waals surface area contributed by atoms with Crippen molar-refractivity contribution in [3.8, 4) is 5.75 Å². The number of rotatable bonds is 2. The minimum Gasteiger partial charge on any atom is -0.497 e. The molecule has 0 saturated heterocycles. The quantitative estimate of drug-likeness (QED) is 0.874. The van der Waals surface area contributed by atoms with Gasteiger partial charge in [-0.2, -0.15) is 0 Å². The van der Waals surface area contributed by atoms with Crippen molar-refractivity contribution in [2.45, 2.75) is 0 Å². The fraction of sp³-hybridized carbons (Fsp3) is 0.231. The number of methoxy groups -OCH3 is 1. The van der Waals surface area contributed by atoms with Crippen LogP contribution in [0.15, 0.2) is 29.4 Å². The number of nitrogens with zero attached hydrogens (tertiary/aromatic N) is 2. The van der Waals surface area contributed by atoms with Gasteiger partial charge in [-0.15, -0.1) is 5.10 Å². The molecule has 1 aliphatic heterocycles. The van der Waals surface area contributed by atoms with Gasteiger partial charge < -0.3 is 14.0 Å². The lowest BCUT2D eigenvalue weighted by molar-refractivity contribution is -0.124. The van der Waals surface area contributed by atoms with Crippen LogP contribution >= 0.6 is 0 Å². The first-order valence-corrected chi connectivity index (χ1v) is 5.82. The summed E-state index contributed by atoms with van der Waals surface area (Å²) >= 11 is 0. The third kappa shape index (κ3) is 1.91. The molecule has 98 valence electrons. The van der Waals surface area contributed by atoms with Crippen molar-refractivity contribution in [3.63, 3.8) is 0 Å². The van der Waals surface area contributed by atoms with Crippen molar-refractivity contribution >= 4 is 22.7 Å². The molecule has 19 heavy (non-hydrogen) atoms. The average molecular weight is 259 g/mol. The minimum absolute atomic E-state index is 0.0102. The van der Waals surface area contributed by atoms with Crippen molar-refractivity contribution in [1.82, 2.24) is 9.99 Å². The number of carbonyl (C=O) groups is 1. The van der Waals surface area contributed by atoms with Gasteiger partial charge in [0.05, 0.1) is 7.11 Å². The van der Waals surface area contributed by atoms with Crippen molar-refractivity contribution < 1.29 is 14.3 Å². The van der Waals surface area contributed by atoms with Gasteiger partial charge >= 0.3 is 0 Å². The normalized spacial score (nSPS) is 14.8. The monoisotopic (exact) mass is 259 g/mol. The van der Waals surface area contributed by atoms with E-state index in [0.29, 0.717) is 5.90 Å². The number of carbonyl (C=O) groups excluding carboxylic acids is 1. The molecule has 0 radical (unpaired) electrons. The van der Waals surface area contributed by atoms with Gasteiger partial charge in [0.1, 0.15) is 11.4 Å². The highest BCUT2D eigenvalue weighted by Crippen LogP contribution is 2.24. The standard InChI is InChI=1S/C13H13N3O3/c1-16-10-4-3-9(18-2)5-8(10)6-11(16)13-15-14-12(17)7-19-13/h3-6H,7H2,1-2H3,(H,14,17). The number of aromatic nitrogens is 1. The summed E-state index contributed by atoms with van der Waals surface area (Å²) in [5.74, 6) is 0.964. The first kappa shape index (κ1) is 11.6. The molecule has 1 aliphatic rings. The maximum absolute atomic E-state index is 11.0. The van der Waals surface area contributed by atoms with E-state index in [1.165, 1.54) is 0 Å². The molecule has 1 amide bonds. The Labute approximate surface area is 109 Å². The molecular weight excluding hydrogens is 246 g/mol. The molecule has 0 unspecified atom stereocenters. The second-order valence-corrected chi connectivity index (χ2v) is 4.25. The summed E-state index contributed by atoms with van der Waals surface area (Å²) < 4.78 is 12.5. The summed E-state index contributed by atoms with van der Waals surface area (Å²) in [6.45, 7) is -0.0102. The molecule has 3 rings (SSSR count). The van der Waals surface area contributed by atoms with Crippen LogP contribution in [-0.4, -0.2) is 30.1 Å². The highest BCUT2D eigenvalue weighted by Gasteiger charge is 2.18. The van der Waals surface area contributed by atoms with Crippen LogP contribution in [0.25, 0.3) is 10.9 Å². The largest absolute Gasteiger partial charge is 0.497 e. The Bertz CT molecular complexity index is 688. The van der Waals surface area contributed by atoms with Gasteiger partial charge in [0.25, 0.3) is 11.8 Å². The fourth-order valence-corrected chi connectivity index (χ4v) is 2.10. The zero-order valence-corrected chi connectivity index (χ0v) is 10.6. The van der Waals surface area contributed by atoms with Crippen molar-refractivity contribution in [3.05, 3.63) is 30.0 Å². The fourth-order valence-electron chi connectivity index (χ4n) is 2.10. The number of ether oxygens (including phenoxy) is 2. The average Bonchev–Trinajstić information content (AvgIpc) is 2.76. The predicted octanol–water partition coefficient (Wildman–Crippen LogP) is 0.995. The maximum Gasteiger partial charge on any atom is 0.278 e. The Balaban J connectivity index is 2.09. The number of hydrazone groups is 1. The first-order chi connectivity index (χ1) is 9.19. The van der Waals surface area contributed by atoms with E-state index in [9.17, 15) is 4.79 Å². The third-order valence-electron chi connectivity index (χ3n) is 3.09. The molecule has 2 heterocycles. The van der Waals surface area contributed by atoms with E-state index in [1.54, 1.807) is 7.11 Å². The number of amides is 1. The van der Waals surface area contributed by atoms with Gasteiger partial charge in [0.2, 0.25) is 0 Å². The molecule has 0 aliphatic carbocycles. The molecule has 2 aromatic rings. The van der Waals surface area contributed by atoms with Gasteiger partial charge in [-0.05, 0) is 24.3 Å². The van der Waals surface area contributed by atoms with Gasteiger partial charge in [0.15, 0.2) is 6.61 Å². The number of hydrogen-bond acceptors (Lipinski definition) is 4. The molecule has 0 bridgehead atoms. The van der Waals surface area contributed by atoms with Crippen molar-refractivity contribution in [2.75, 3.05) is 13.7 Å². The summed E-state index contributed by atoms with van der Waals surface area (Å²) in [5.41, 5.74) is 4.26. The molecule has 1 aromatic carbocycles. The highest BCUT2D eigenvalue weighted by atomic mass is 16.5. The molecule has 6 nitrogen and oxygen atoms in total. The van der Waals surface area contributed by atoms with E-state index >= 15 is 0 Å². The van der Waals surface area contributed by atoms with E-state index in [2.05, 4.69) is 10.5 Å². The lowest BCUT2D eigenvalue weighted by Gasteiger charge is -2.13. The zero-order valence-electron chi connectivity index (χ0n) is 10.6. The van der Waals surface area contributed by atoms with Gasteiger partial charge in [-0.1, -0.05) is 0 Å². The number of hydrogen-bond donors (Lipinski definition) is 1. The Hall–Kier alpha value is -2.50. The number of fused-ring (bicyclic) bond motifs is 1. The molecule has 0 spiro atoms. The number of benzene rings is 1. The Morgan fingerprint density at radius 3 is 2.95 bits per heavy atom. The van der Waals surface area contributed by atoms with Crippen LogP contribution in [0.4, 0.5) is 0 Å². The summed E-state index contributed by atoms with van der Waals surface area (Å²) in [4.78, 5) is 11.0. The van der Waals surface area contributed by atoms with Crippen LogP contribution in [0.5, 0.6) is 5.75 Å². The maximum atomic E-state index is 11.0. The lowest BCUT2D eigenvalue weighted by Crippen LogP contribution is -2.32. The van der Waals surface area contributed by atoms with E-state index < -0.39 is 0 Å². The van der Waals surface area contributed by atoms with Crippen LogP contribution in [-0.2, 0) is 16.6 Å². The van der Waals surface area contributed by atoms with Crippen LogP contribution in [0.2, 0.25) is 0 Å². The van der Waals surface area contributed by atoms with Crippen molar-refractivity contribution in [2.24, 2.45) is 12.1 Å². The predicted molar refractivity (Wildman–Crippen MR) is 70.1 cm³/mol. The van der Waals surface area contributed by atoms with Gasteiger partial charge in [-0.25, -0.2) is 5.43 Å². The third-order valence-corrected chi connectivity index (χ3v) is 3.09. The summed E-state index contributed by atoms with van der Waals surface area (Å²) in [7, 11) is 3.56. The van der Waals surface area contributed by atoms with Crippen LogP contribution < -0.4 is 10.2 Å². The lowest BCUT2D eigenvalue weighted by atomic mass is 10.2. The molecule has 1 N–H and O–H groups in total. The van der Waals surface area contributed by atoms with E-state index in [-0.39, 0.29) is 12.5 Å². The summed E-state index contributed by atoms with van der Waals surface area (Å²) in [6, 6.07) is 7.77. The number of aryl methyl sites for hydroxylation is 1. The SMILES string of the molecule is COc1ccc2c(c1)cc(C1=NNC(=O)CO1)n2C. The number of nitrogens with one attached hydrogen (secondary N) is 1. The second-order valence-electron chi connectivity index (χ2n) is 4.25. The van der Waals surface area contributed by atoms with Crippen LogP contribution in [0.3, 0.4) is 0 Å². The van der Waals surface area contributed by atoms with Gasteiger partial charge in [-0.3, -0.25) is 4.79 Å². The summed E-state index contributed by atoms with van der Waals surface area (Å²) in [5, 5.41) is 4.95. The topological polar surface area (TPSA) is 64.8 Å². The van der Waals surface area contributed by atoms with E-state index in [4.69, 9.17) is 9.47 Å². The van der Waals surface area contributed by atoms with Gasteiger partial charge in [0, 0.05) is 18.0 Å². The Kier molecular flexibility index (Phi) is 2.63. The Morgan fingerprint density at radius 2 is 2.26 bits per heavy atom. The molecule has 1 aromatic heterocycles. The highest BCUT2D eigenvalue weighted by molar-refractivity contribution is 6.01. The minimum atomic E-state index is -0.246. The Morgan fingerprint density at radius 1 is 1.42 bits per heavy atom.